The van der Waals surface area contributed by atoms with Gasteiger partial charge in [-0.2, -0.15) is 0 Å². The molecule has 5 rings (SSSR count). The summed E-state index contributed by atoms with van der Waals surface area (Å²) in [5, 5.41) is 2.76. The Labute approximate surface area is 176 Å². The molecule has 1 N–H and O–H groups in total. The van der Waals surface area contributed by atoms with E-state index in [9.17, 15) is 13.2 Å². The summed E-state index contributed by atoms with van der Waals surface area (Å²) in [7, 11) is -3.21. The van der Waals surface area contributed by atoms with Gasteiger partial charge in [0.1, 0.15) is 11.4 Å². The van der Waals surface area contributed by atoms with Crippen molar-refractivity contribution in [2.45, 2.75) is 55.7 Å². The lowest BCUT2D eigenvalue weighted by Crippen LogP contribution is -2.54. The van der Waals surface area contributed by atoms with E-state index in [1.54, 1.807) is 10.5 Å². The van der Waals surface area contributed by atoms with Gasteiger partial charge in [-0.15, -0.1) is 0 Å². The van der Waals surface area contributed by atoms with Gasteiger partial charge in [-0.3, -0.25) is 4.79 Å². The Balaban J connectivity index is 1.30. The molecular weight excluding hydrogens is 404 g/mol. The third-order valence-electron chi connectivity index (χ3n) is 6.29. The Morgan fingerprint density at radius 1 is 1.20 bits per heavy atom. The minimum absolute atomic E-state index is 0.161. The number of nitrogens with zero attached hydrogens (tertiary/aromatic N) is 3. The van der Waals surface area contributed by atoms with Gasteiger partial charge >= 0.3 is 0 Å². The number of rotatable bonds is 5. The Morgan fingerprint density at radius 3 is 2.63 bits per heavy atom. The van der Waals surface area contributed by atoms with Gasteiger partial charge < -0.3 is 14.6 Å². The predicted molar refractivity (Wildman–Crippen MR) is 110 cm³/mol. The highest BCUT2D eigenvalue weighted by Gasteiger charge is 2.50. The summed E-state index contributed by atoms with van der Waals surface area (Å²) in [6.07, 6.45) is 5.46. The van der Waals surface area contributed by atoms with Crippen LogP contribution in [-0.2, 0) is 38.2 Å². The summed E-state index contributed by atoms with van der Waals surface area (Å²) < 4.78 is 35.1. The number of benzene rings is 1. The van der Waals surface area contributed by atoms with Crippen molar-refractivity contribution in [2.75, 3.05) is 13.1 Å². The summed E-state index contributed by atoms with van der Waals surface area (Å²) in [6.45, 7) is 1.63. The summed E-state index contributed by atoms with van der Waals surface area (Å²) >= 11 is 0. The summed E-state index contributed by atoms with van der Waals surface area (Å²) in [5.41, 5.74) is 0.296. The van der Waals surface area contributed by atoms with Crippen LogP contribution in [0.4, 0.5) is 0 Å². The molecule has 0 radical (unpaired) electrons. The molecule has 2 fully saturated rings. The van der Waals surface area contributed by atoms with Crippen LogP contribution in [-0.4, -0.2) is 52.6 Å². The van der Waals surface area contributed by atoms with Crippen LogP contribution in [0.5, 0.6) is 0 Å². The van der Waals surface area contributed by atoms with E-state index in [1.165, 1.54) is 0 Å². The molecule has 0 unspecified atom stereocenters. The third kappa shape index (κ3) is 3.55. The van der Waals surface area contributed by atoms with Crippen LogP contribution in [0.2, 0.25) is 0 Å². The second-order valence-corrected chi connectivity index (χ2v) is 10.6. The molecule has 30 heavy (non-hydrogen) atoms. The van der Waals surface area contributed by atoms with Crippen molar-refractivity contribution in [3.63, 3.8) is 0 Å². The lowest BCUT2D eigenvalue weighted by atomic mass is 9.89. The van der Waals surface area contributed by atoms with E-state index in [4.69, 9.17) is 4.74 Å². The largest absolute Gasteiger partial charge is 0.352 e. The van der Waals surface area contributed by atoms with E-state index in [2.05, 4.69) is 10.3 Å². The molecule has 1 amide bonds. The molecule has 1 atom stereocenters. The zero-order chi connectivity index (χ0) is 20.8. The van der Waals surface area contributed by atoms with E-state index in [0.29, 0.717) is 39.0 Å². The van der Waals surface area contributed by atoms with Crippen LogP contribution < -0.4 is 5.32 Å². The number of hydrogen-bond donors (Lipinski definition) is 1. The van der Waals surface area contributed by atoms with Crippen molar-refractivity contribution in [2.24, 2.45) is 0 Å². The van der Waals surface area contributed by atoms with E-state index < -0.39 is 21.7 Å². The Morgan fingerprint density at radius 2 is 1.93 bits per heavy atom. The molecule has 1 aromatic heterocycles. The van der Waals surface area contributed by atoms with Crippen molar-refractivity contribution >= 4 is 15.9 Å². The van der Waals surface area contributed by atoms with E-state index in [0.717, 1.165) is 24.2 Å². The normalized spacial score (nSPS) is 23.8. The van der Waals surface area contributed by atoms with E-state index in [1.807, 2.05) is 41.1 Å². The molecule has 1 spiro atoms. The molecule has 3 heterocycles. The van der Waals surface area contributed by atoms with Crippen LogP contribution in [0.3, 0.4) is 0 Å². The zero-order valence-electron chi connectivity index (χ0n) is 16.7. The quantitative estimate of drug-likeness (QED) is 0.774. The maximum absolute atomic E-state index is 12.9. The first-order chi connectivity index (χ1) is 14.5. The second kappa shape index (κ2) is 7.47. The molecule has 2 aromatic rings. The zero-order valence-corrected chi connectivity index (χ0v) is 17.6. The van der Waals surface area contributed by atoms with Crippen LogP contribution in [0.25, 0.3) is 0 Å². The number of carbonyl (C=O) groups excluding carboxylic acids is 1. The number of aromatic nitrogens is 2. The fourth-order valence-corrected chi connectivity index (χ4v) is 6.30. The molecular formula is C21H26N4O4S. The maximum atomic E-state index is 12.9. The molecule has 160 valence electrons. The van der Waals surface area contributed by atoms with Crippen molar-refractivity contribution in [1.29, 1.82) is 0 Å². The molecule has 1 aliphatic carbocycles. The number of ether oxygens (including phenoxy) is 1. The summed E-state index contributed by atoms with van der Waals surface area (Å²) in [5.74, 6) is 0.628. The van der Waals surface area contributed by atoms with Gasteiger partial charge in [-0.05, 0) is 31.2 Å². The topological polar surface area (TPSA) is 93.5 Å². The second-order valence-electron chi connectivity index (χ2n) is 8.35. The minimum Gasteiger partial charge on any atom is -0.352 e. The number of amides is 1. The first-order valence-electron chi connectivity index (χ1n) is 10.5. The summed E-state index contributed by atoms with van der Waals surface area (Å²) in [4.78, 5) is 17.4. The van der Waals surface area contributed by atoms with Crippen molar-refractivity contribution in [1.82, 2.24) is 19.2 Å². The van der Waals surface area contributed by atoms with Crippen LogP contribution in [0.1, 0.15) is 37.1 Å². The average molecular weight is 431 g/mol. The Kier molecular flexibility index (Phi) is 4.91. The predicted octanol–water partition coefficient (Wildman–Crippen LogP) is 1.38. The molecule has 1 saturated heterocycles. The first kappa shape index (κ1) is 19.7. The third-order valence-corrected chi connectivity index (χ3v) is 8.69. The number of fused-ring (bicyclic) bond motifs is 2. The molecule has 1 aromatic carbocycles. The number of sulfonamides is 1. The standard InChI is InChI=1S/C21H26N4O4S/c26-19(23-14-16-4-2-1-3-5-16)18-15-24-13-10-22-20(24)21(29-18)8-11-25(12-9-21)30(27,28)17-6-7-17/h1-5,10,13,17-18H,6-9,11-12,14-15H2,(H,23,26)/t18-/m0/s1. The minimum atomic E-state index is -3.21. The first-order valence-corrected chi connectivity index (χ1v) is 12.0. The fourth-order valence-electron chi connectivity index (χ4n) is 4.45. The van der Waals surface area contributed by atoms with Gasteiger partial charge in [0.15, 0.2) is 6.10 Å². The van der Waals surface area contributed by atoms with Gasteiger partial charge in [0.25, 0.3) is 5.91 Å². The van der Waals surface area contributed by atoms with Gasteiger partial charge in [0.05, 0.1) is 11.8 Å². The van der Waals surface area contributed by atoms with Gasteiger partial charge in [0.2, 0.25) is 10.0 Å². The lowest BCUT2D eigenvalue weighted by Gasteiger charge is -2.45. The highest BCUT2D eigenvalue weighted by molar-refractivity contribution is 7.90. The Hall–Kier alpha value is -2.23. The molecule has 3 aliphatic rings. The Bertz CT molecular complexity index is 1020. The summed E-state index contributed by atoms with van der Waals surface area (Å²) in [6, 6.07) is 9.75. The lowest BCUT2D eigenvalue weighted by molar-refractivity contribution is -0.171. The maximum Gasteiger partial charge on any atom is 0.251 e. The molecule has 2 aliphatic heterocycles. The van der Waals surface area contributed by atoms with Gasteiger partial charge in [0, 0.05) is 32.0 Å². The van der Waals surface area contributed by atoms with Gasteiger partial charge in [-0.1, -0.05) is 30.3 Å². The molecule has 1 saturated carbocycles. The smallest absolute Gasteiger partial charge is 0.251 e. The molecule has 8 nitrogen and oxygen atoms in total. The number of piperidine rings is 1. The highest BCUT2D eigenvalue weighted by atomic mass is 32.2. The highest BCUT2D eigenvalue weighted by Crippen LogP contribution is 2.42. The molecule has 9 heteroatoms. The monoisotopic (exact) mass is 430 g/mol. The van der Waals surface area contributed by atoms with Crippen molar-refractivity contribution < 1.29 is 17.9 Å². The SMILES string of the molecule is O=C(NCc1ccccc1)[C@@H]1Cn2ccnc2C2(CCN(S(=O)(=O)C3CC3)CC2)O1. The van der Waals surface area contributed by atoms with Gasteiger partial charge in [-0.25, -0.2) is 17.7 Å². The molecule has 0 bridgehead atoms. The number of hydrogen-bond acceptors (Lipinski definition) is 5. The number of imidazole rings is 1. The van der Waals surface area contributed by atoms with Crippen LogP contribution in [0.15, 0.2) is 42.7 Å². The van der Waals surface area contributed by atoms with Crippen molar-refractivity contribution in [3.8, 4) is 0 Å². The fraction of sp³-hybridized carbons (Fsp3) is 0.524. The van der Waals surface area contributed by atoms with Crippen LogP contribution in [0, 0.1) is 0 Å². The average Bonchev–Trinajstić information content (AvgIpc) is 3.52. The number of carbonyl (C=O) groups is 1. The van der Waals surface area contributed by atoms with Crippen molar-refractivity contribution in [3.05, 3.63) is 54.1 Å². The van der Waals surface area contributed by atoms with Crippen LogP contribution >= 0.6 is 0 Å². The number of nitrogens with one attached hydrogen (secondary N) is 1. The van der Waals surface area contributed by atoms with E-state index in [-0.39, 0.29) is 11.2 Å². The van der Waals surface area contributed by atoms with E-state index >= 15 is 0 Å².